The van der Waals surface area contributed by atoms with Crippen molar-refractivity contribution in [3.63, 3.8) is 0 Å². The summed E-state index contributed by atoms with van der Waals surface area (Å²) in [4.78, 5) is 19.2. The molecule has 2 aliphatic heterocycles. The summed E-state index contributed by atoms with van der Waals surface area (Å²) in [6, 6.07) is 1.81. The highest BCUT2D eigenvalue weighted by Gasteiger charge is 2.49. The van der Waals surface area contributed by atoms with Gasteiger partial charge in [0.25, 0.3) is 0 Å². The number of halogens is 2. The molecule has 2 fully saturated rings. The lowest BCUT2D eigenvalue weighted by Crippen LogP contribution is -2.43. The zero-order chi connectivity index (χ0) is 21.8. The molecule has 0 radical (unpaired) electrons. The van der Waals surface area contributed by atoms with E-state index in [0.29, 0.717) is 29.9 Å². The molecule has 0 unspecified atom stereocenters. The summed E-state index contributed by atoms with van der Waals surface area (Å²) < 4.78 is 35.3. The number of anilines is 1. The molecular formula is C22H24F2N6O. The lowest BCUT2D eigenvalue weighted by atomic mass is 9.95. The molecule has 3 aromatic rings. The third-order valence-corrected chi connectivity index (χ3v) is 6.55. The molecule has 0 bridgehead atoms. The van der Waals surface area contributed by atoms with Crippen LogP contribution >= 0.6 is 0 Å². The van der Waals surface area contributed by atoms with Gasteiger partial charge in [-0.15, -0.1) is 0 Å². The number of pyridine rings is 2. The number of hydrogen-bond donors (Lipinski definition) is 1. The molecule has 2 atom stereocenters. The monoisotopic (exact) mass is 426 g/mol. The van der Waals surface area contributed by atoms with E-state index in [0.717, 1.165) is 30.5 Å². The largest absolute Gasteiger partial charge is 0.461 e. The molecule has 31 heavy (non-hydrogen) atoms. The van der Waals surface area contributed by atoms with Gasteiger partial charge in [-0.1, -0.05) is 0 Å². The van der Waals surface area contributed by atoms with Crippen LogP contribution in [0.3, 0.4) is 0 Å². The number of alkyl halides is 1. The normalized spacial score (nSPS) is 23.4. The second kappa shape index (κ2) is 7.33. The number of aromatic nitrogens is 4. The van der Waals surface area contributed by atoms with Gasteiger partial charge in [0.15, 0.2) is 5.82 Å². The Balaban J connectivity index is 1.48. The lowest BCUT2D eigenvalue weighted by Gasteiger charge is -2.30. The van der Waals surface area contributed by atoms with Gasteiger partial charge in [-0.3, -0.25) is 9.88 Å². The number of nitrogen functional groups attached to an aromatic ring is 1. The molecule has 2 aliphatic rings. The first kappa shape index (κ1) is 20.0. The number of aryl methyl sites for hydroxylation is 1. The van der Waals surface area contributed by atoms with E-state index in [1.54, 1.807) is 6.07 Å². The van der Waals surface area contributed by atoms with E-state index in [1.807, 2.05) is 13.8 Å². The molecular weight excluding hydrogens is 402 g/mol. The van der Waals surface area contributed by atoms with Crippen molar-refractivity contribution in [1.82, 2.24) is 24.8 Å². The predicted octanol–water partition coefficient (Wildman–Crippen LogP) is 3.38. The molecule has 3 aromatic heterocycles. The second-order valence-electron chi connectivity index (χ2n) is 8.58. The van der Waals surface area contributed by atoms with Crippen molar-refractivity contribution in [2.45, 2.75) is 44.8 Å². The quantitative estimate of drug-likeness (QED) is 0.684. The second-order valence-corrected chi connectivity index (χ2v) is 8.58. The molecule has 0 aliphatic carbocycles. The standard InChI is InChI=1S/C22H24F2N6O/c1-12-6-16(25)28-18(13(12)2)20-17(24)19-14(8-26-20)9-27-21(29-19)31-11-22-4-3-5-30(22)10-15(23)7-22/h6,8-9,15H,3-5,7,10-11H2,1-2H3,(H2,25,28)/t15-,22+/m1/s1. The van der Waals surface area contributed by atoms with E-state index in [9.17, 15) is 4.39 Å². The molecule has 2 saturated heterocycles. The van der Waals surface area contributed by atoms with E-state index >= 15 is 4.39 Å². The molecule has 7 nitrogen and oxygen atoms in total. The first-order valence-electron chi connectivity index (χ1n) is 10.4. The van der Waals surface area contributed by atoms with E-state index in [-0.39, 0.29) is 29.4 Å². The van der Waals surface area contributed by atoms with Crippen molar-refractivity contribution >= 4 is 16.7 Å². The summed E-state index contributed by atoms with van der Waals surface area (Å²) >= 11 is 0. The SMILES string of the molecule is Cc1cc(N)nc(-c2ncc3cnc(OC[C@@]45CCCN4C[C@H](F)C5)nc3c2F)c1C. The summed E-state index contributed by atoms with van der Waals surface area (Å²) in [6.45, 7) is 5.34. The van der Waals surface area contributed by atoms with Crippen molar-refractivity contribution in [3.8, 4) is 17.4 Å². The van der Waals surface area contributed by atoms with Crippen LogP contribution in [0, 0.1) is 19.7 Å². The summed E-state index contributed by atoms with van der Waals surface area (Å²) in [6.07, 6.45) is 4.50. The first-order valence-corrected chi connectivity index (χ1v) is 10.4. The van der Waals surface area contributed by atoms with Gasteiger partial charge in [0, 0.05) is 30.7 Å². The highest BCUT2D eigenvalue weighted by Crippen LogP contribution is 2.40. The van der Waals surface area contributed by atoms with Crippen molar-refractivity contribution in [1.29, 1.82) is 0 Å². The van der Waals surface area contributed by atoms with Gasteiger partial charge in [0.05, 0.1) is 11.2 Å². The van der Waals surface area contributed by atoms with Crippen LogP contribution in [-0.2, 0) is 0 Å². The van der Waals surface area contributed by atoms with E-state index in [2.05, 4.69) is 24.8 Å². The average molecular weight is 426 g/mol. The minimum absolute atomic E-state index is 0.0699. The molecule has 0 saturated carbocycles. The zero-order valence-electron chi connectivity index (χ0n) is 17.5. The van der Waals surface area contributed by atoms with Crippen LogP contribution < -0.4 is 10.5 Å². The smallest absolute Gasteiger partial charge is 0.317 e. The summed E-state index contributed by atoms with van der Waals surface area (Å²) in [5.74, 6) is -0.301. The Hall–Kier alpha value is -2.94. The van der Waals surface area contributed by atoms with Gasteiger partial charge in [-0.05, 0) is 50.4 Å². The molecule has 5 heterocycles. The predicted molar refractivity (Wildman–Crippen MR) is 113 cm³/mol. The van der Waals surface area contributed by atoms with Crippen molar-refractivity contribution in [2.24, 2.45) is 0 Å². The fourth-order valence-electron chi connectivity index (χ4n) is 4.82. The highest BCUT2D eigenvalue weighted by molar-refractivity contribution is 5.82. The van der Waals surface area contributed by atoms with Crippen LogP contribution in [0.1, 0.15) is 30.4 Å². The van der Waals surface area contributed by atoms with Gasteiger partial charge >= 0.3 is 6.01 Å². The number of fused-ring (bicyclic) bond motifs is 2. The third-order valence-electron chi connectivity index (χ3n) is 6.55. The molecule has 2 N–H and O–H groups in total. The van der Waals surface area contributed by atoms with Crippen LogP contribution in [-0.4, -0.2) is 56.2 Å². The van der Waals surface area contributed by atoms with Crippen LogP contribution in [0.4, 0.5) is 14.6 Å². The summed E-state index contributed by atoms with van der Waals surface area (Å²) in [5, 5.41) is 0.456. The van der Waals surface area contributed by atoms with E-state index < -0.39 is 12.0 Å². The number of rotatable bonds is 4. The van der Waals surface area contributed by atoms with Gasteiger partial charge in [0.1, 0.15) is 29.8 Å². The highest BCUT2D eigenvalue weighted by atomic mass is 19.1. The van der Waals surface area contributed by atoms with Crippen molar-refractivity contribution < 1.29 is 13.5 Å². The fourth-order valence-corrected chi connectivity index (χ4v) is 4.82. The number of hydrogen-bond acceptors (Lipinski definition) is 7. The maximum Gasteiger partial charge on any atom is 0.317 e. The number of nitrogens with two attached hydrogens (primary N) is 1. The minimum Gasteiger partial charge on any atom is -0.461 e. The molecule has 5 rings (SSSR count). The van der Waals surface area contributed by atoms with Gasteiger partial charge in [-0.25, -0.2) is 18.7 Å². The van der Waals surface area contributed by atoms with Gasteiger partial charge in [0.2, 0.25) is 0 Å². The van der Waals surface area contributed by atoms with Crippen LogP contribution in [0.25, 0.3) is 22.3 Å². The van der Waals surface area contributed by atoms with Crippen LogP contribution in [0.2, 0.25) is 0 Å². The van der Waals surface area contributed by atoms with Crippen molar-refractivity contribution in [3.05, 3.63) is 35.4 Å². The van der Waals surface area contributed by atoms with Crippen LogP contribution in [0.5, 0.6) is 6.01 Å². The topological polar surface area (TPSA) is 90.0 Å². The summed E-state index contributed by atoms with van der Waals surface area (Å²) in [7, 11) is 0. The molecule has 0 amide bonds. The van der Waals surface area contributed by atoms with E-state index in [4.69, 9.17) is 10.5 Å². The zero-order valence-corrected chi connectivity index (χ0v) is 17.5. The molecule has 0 spiro atoms. The number of nitrogens with zero attached hydrogens (tertiary/aromatic N) is 5. The van der Waals surface area contributed by atoms with Crippen molar-refractivity contribution in [2.75, 3.05) is 25.4 Å². The van der Waals surface area contributed by atoms with Gasteiger partial charge < -0.3 is 10.5 Å². The maximum absolute atomic E-state index is 15.4. The summed E-state index contributed by atoms with van der Waals surface area (Å²) in [5.41, 5.74) is 7.82. The van der Waals surface area contributed by atoms with Crippen LogP contribution in [0.15, 0.2) is 18.5 Å². The third kappa shape index (κ3) is 3.37. The van der Waals surface area contributed by atoms with E-state index in [1.165, 1.54) is 12.4 Å². The van der Waals surface area contributed by atoms with Gasteiger partial charge in [-0.2, -0.15) is 4.98 Å². The fraction of sp³-hybridized carbons (Fsp3) is 0.455. The Morgan fingerprint density at radius 1 is 1.23 bits per heavy atom. The Kier molecular flexibility index (Phi) is 4.73. The lowest BCUT2D eigenvalue weighted by molar-refractivity contribution is 0.107. The molecule has 0 aromatic carbocycles. The Labute approximate surface area is 178 Å². The Morgan fingerprint density at radius 3 is 2.87 bits per heavy atom. The average Bonchev–Trinajstić information content (AvgIpc) is 3.25. The Morgan fingerprint density at radius 2 is 2.03 bits per heavy atom. The minimum atomic E-state index is -0.843. The maximum atomic E-state index is 15.4. The molecule has 162 valence electrons. The number of ether oxygens (including phenoxy) is 1. The Bertz CT molecular complexity index is 1170. The molecule has 9 heteroatoms. The first-order chi connectivity index (χ1) is 14.9.